The molecule has 7 aliphatic carbocycles. The molecule has 0 aliphatic heterocycles. The molecule has 12 atom stereocenters. The topological polar surface area (TPSA) is 0 Å². The van der Waals surface area contributed by atoms with E-state index in [4.69, 9.17) is 0 Å². The molecule has 0 aromatic carbocycles. The van der Waals surface area contributed by atoms with E-state index >= 15 is 0 Å². The van der Waals surface area contributed by atoms with Gasteiger partial charge in [-0.3, -0.25) is 0 Å². The summed E-state index contributed by atoms with van der Waals surface area (Å²) in [6, 6.07) is 0. The summed E-state index contributed by atoms with van der Waals surface area (Å²) in [4.78, 5) is 0. The van der Waals surface area contributed by atoms with E-state index < -0.39 is 0 Å². The molecule has 7 aliphatic rings. The van der Waals surface area contributed by atoms with Crippen molar-refractivity contribution in [2.75, 3.05) is 0 Å². The van der Waals surface area contributed by atoms with Crippen LogP contribution in [0.5, 0.6) is 0 Å². The monoisotopic (exact) mass is 408 g/mol. The summed E-state index contributed by atoms with van der Waals surface area (Å²) in [5.41, 5.74) is 0. The molecule has 0 heteroatoms. The smallest absolute Gasteiger partial charge is 0.0349 e. The van der Waals surface area contributed by atoms with Crippen LogP contribution < -0.4 is 0 Å². The molecule has 12 unspecified atom stereocenters. The van der Waals surface area contributed by atoms with Crippen molar-refractivity contribution in [3.8, 4) is 0 Å². The van der Waals surface area contributed by atoms with Crippen LogP contribution in [0.25, 0.3) is 0 Å². The highest BCUT2D eigenvalue weighted by Crippen LogP contribution is 2.65. The molecule has 0 aromatic rings. The Morgan fingerprint density at radius 2 is 0.533 bits per heavy atom. The van der Waals surface area contributed by atoms with Gasteiger partial charge in [-0.15, -0.1) is 0 Å². The van der Waals surface area contributed by atoms with Crippen LogP contribution in [0.1, 0.15) is 116 Å². The van der Waals surface area contributed by atoms with Crippen LogP contribution >= 0.6 is 0 Å². The fourth-order valence-corrected chi connectivity index (χ4v) is 11.9. The van der Waals surface area contributed by atoms with E-state index in [1.807, 2.05) is 0 Å². The first-order valence-electron chi connectivity index (χ1n) is 14.8. The van der Waals surface area contributed by atoms with Gasteiger partial charge in [-0.1, -0.05) is 64.2 Å². The summed E-state index contributed by atoms with van der Waals surface area (Å²) in [5, 5.41) is 0. The Balaban J connectivity index is 1.17. The Bertz CT molecular complexity index is 622. The summed E-state index contributed by atoms with van der Waals surface area (Å²) >= 11 is 0. The molecule has 0 amide bonds. The Morgan fingerprint density at radius 1 is 0.233 bits per heavy atom. The number of fused-ring (bicyclic) bond motifs is 9. The molecule has 0 heterocycles. The summed E-state index contributed by atoms with van der Waals surface area (Å²) in [6.45, 7) is 0. The molecule has 7 fully saturated rings. The highest BCUT2D eigenvalue weighted by Gasteiger charge is 2.57. The van der Waals surface area contributed by atoms with Crippen LogP contribution in [-0.2, 0) is 0 Å². The predicted octanol–water partition coefficient (Wildman–Crippen LogP) is 8.50. The number of hydrogen-bond donors (Lipinski definition) is 0. The first-order valence-corrected chi connectivity index (χ1v) is 14.8. The van der Waals surface area contributed by atoms with Crippen molar-refractivity contribution in [1.29, 1.82) is 0 Å². The van der Waals surface area contributed by atoms with E-state index in [1.54, 1.807) is 116 Å². The van der Waals surface area contributed by atoms with Crippen LogP contribution in [0.3, 0.4) is 0 Å². The fourth-order valence-electron chi connectivity index (χ4n) is 11.9. The standard InChI is InChI=1S/C30H48/c1-2-8-20-14-24-18-30-28(17-23(24)13-19(20)7-1)26-12-6-5-11-25(26)27-15-21-9-3-4-10-22(21)16-29(27)30/h19-30H,1-18H2. The normalized spacial score (nSPS) is 57.6. The van der Waals surface area contributed by atoms with Gasteiger partial charge in [0.15, 0.2) is 0 Å². The minimum Gasteiger partial charge on any atom is -0.0530 e. The van der Waals surface area contributed by atoms with Gasteiger partial charge in [-0.2, -0.15) is 0 Å². The predicted molar refractivity (Wildman–Crippen MR) is 125 cm³/mol. The van der Waals surface area contributed by atoms with E-state index in [2.05, 4.69) is 0 Å². The van der Waals surface area contributed by atoms with E-state index in [-0.39, 0.29) is 0 Å². The second kappa shape index (κ2) is 7.80. The van der Waals surface area contributed by atoms with E-state index in [0.717, 1.165) is 53.3 Å². The Hall–Kier alpha value is 0. The van der Waals surface area contributed by atoms with Crippen molar-refractivity contribution in [2.45, 2.75) is 116 Å². The van der Waals surface area contributed by atoms with Crippen molar-refractivity contribution < 1.29 is 0 Å². The summed E-state index contributed by atoms with van der Waals surface area (Å²) in [5.74, 6) is 13.9. The largest absolute Gasteiger partial charge is 0.0530 e. The van der Waals surface area contributed by atoms with Gasteiger partial charge in [-0.25, -0.2) is 0 Å². The van der Waals surface area contributed by atoms with Crippen LogP contribution in [0.15, 0.2) is 0 Å². The van der Waals surface area contributed by atoms with E-state index in [9.17, 15) is 0 Å². The lowest BCUT2D eigenvalue weighted by Gasteiger charge is -2.62. The molecule has 0 saturated heterocycles. The molecule has 0 aromatic heterocycles. The summed E-state index contributed by atoms with van der Waals surface area (Å²) in [7, 11) is 0. The van der Waals surface area contributed by atoms with Gasteiger partial charge in [0.2, 0.25) is 0 Å². The molecule has 168 valence electrons. The van der Waals surface area contributed by atoms with E-state index in [0.29, 0.717) is 0 Å². The summed E-state index contributed by atoms with van der Waals surface area (Å²) in [6.07, 6.45) is 29.1. The SMILES string of the molecule is C1CCC2CC3CC4C(CC3CC2C1)C1CCCCC1C1CC2CCCCC2CC14. The molecular weight excluding hydrogens is 360 g/mol. The van der Waals surface area contributed by atoms with Gasteiger partial charge in [0.05, 0.1) is 0 Å². The molecular formula is C30H48. The zero-order valence-corrected chi connectivity index (χ0v) is 19.7. The van der Waals surface area contributed by atoms with E-state index in [1.165, 1.54) is 17.8 Å². The Morgan fingerprint density at radius 3 is 0.967 bits per heavy atom. The van der Waals surface area contributed by atoms with Gasteiger partial charge >= 0.3 is 0 Å². The van der Waals surface area contributed by atoms with Crippen LogP contribution in [0.2, 0.25) is 0 Å². The van der Waals surface area contributed by atoms with Crippen molar-refractivity contribution >= 4 is 0 Å². The number of hydrogen-bond acceptors (Lipinski definition) is 0. The zero-order valence-electron chi connectivity index (χ0n) is 19.7. The zero-order chi connectivity index (χ0) is 19.7. The minimum atomic E-state index is 1.15. The van der Waals surface area contributed by atoms with Gasteiger partial charge in [0.1, 0.15) is 0 Å². The lowest BCUT2D eigenvalue weighted by Crippen LogP contribution is -2.55. The molecule has 0 nitrogen and oxygen atoms in total. The molecule has 0 spiro atoms. The molecule has 7 saturated carbocycles. The lowest BCUT2D eigenvalue weighted by molar-refractivity contribution is -0.133. The van der Waals surface area contributed by atoms with Crippen molar-refractivity contribution in [1.82, 2.24) is 0 Å². The number of rotatable bonds is 0. The molecule has 30 heavy (non-hydrogen) atoms. The maximum atomic E-state index is 1.69. The third kappa shape index (κ3) is 3.11. The fraction of sp³-hybridized carbons (Fsp3) is 1.00. The molecule has 0 radical (unpaired) electrons. The van der Waals surface area contributed by atoms with Crippen molar-refractivity contribution in [3.63, 3.8) is 0 Å². The average molecular weight is 409 g/mol. The first kappa shape index (κ1) is 19.5. The highest BCUT2D eigenvalue weighted by atomic mass is 14.6. The first-order chi connectivity index (χ1) is 14.8. The van der Waals surface area contributed by atoms with Gasteiger partial charge in [0.25, 0.3) is 0 Å². The van der Waals surface area contributed by atoms with Crippen LogP contribution in [0.4, 0.5) is 0 Å². The molecule has 0 N–H and O–H groups in total. The molecule has 0 bridgehead atoms. The van der Waals surface area contributed by atoms with Crippen molar-refractivity contribution in [2.24, 2.45) is 71.0 Å². The van der Waals surface area contributed by atoms with Gasteiger partial charge in [0, 0.05) is 0 Å². The minimum absolute atomic E-state index is 1.15. The maximum Gasteiger partial charge on any atom is -0.0349 e. The van der Waals surface area contributed by atoms with Gasteiger partial charge in [-0.05, 0) is 122 Å². The third-order valence-corrected chi connectivity index (χ3v) is 12.9. The van der Waals surface area contributed by atoms with Crippen LogP contribution in [-0.4, -0.2) is 0 Å². The Labute approximate surface area is 186 Å². The van der Waals surface area contributed by atoms with Crippen LogP contribution in [0, 0.1) is 71.0 Å². The second-order valence-corrected chi connectivity index (χ2v) is 13.8. The lowest BCUT2D eigenvalue weighted by atomic mass is 9.43. The average Bonchev–Trinajstić information content (AvgIpc) is 2.81. The Kier molecular flexibility index (Phi) is 5.06. The summed E-state index contributed by atoms with van der Waals surface area (Å²) < 4.78 is 0. The molecule has 7 rings (SSSR count). The van der Waals surface area contributed by atoms with Crippen molar-refractivity contribution in [3.05, 3.63) is 0 Å². The maximum absolute atomic E-state index is 1.69. The quantitative estimate of drug-likeness (QED) is 0.377. The highest BCUT2D eigenvalue weighted by molar-refractivity contribution is 5.06. The second-order valence-electron chi connectivity index (χ2n) is 13.8. The third-order valence-electron chi connectivity index (χ3n) is 12.9. The van der Waals surface area contributed by atoms with Gasteiger partial charge < -0.3 is 0 Å².